The van der Waals surface area contributed by atoms with Crippen LogP contribution in [0.25, 0.3) is 0 Å². The fourth-order valence-corrected chi connectivity index (χ4v) is 4.13. The number of halogens is 1. The molecule has 2 fully saturated rings. The van der Waals surface area contributed by atoms with Gasteiger partial charge in [0, 0.05) is 19.1 Å². The highest BCUT2D eigenvalue weighted by molar-refractivity contribution is 14.0. The van der Waals surface area contributed by atoms with E-state index in [1.54, 1.807) is 4.90 Å². The summed E-state index contributed by atoms with van der Waals surface area (Å²) in [6.07, 6.45) is 3.97. The number of nitrogens with zero attached hydrogens (tertiary/aromatic N) is 3. The van der Waals surface area contributed by atoms with E-state index in [0.717, 1.165) is 25.9 Å². The van der Waals surface area contributed by atoms with Crippen molar-refractivity contribution in [2.75, 3.05) is 39.3 Å². The Bertz CT molecular complexity index is 683. The Kier molecular flexibility index (Phi) is 10.2. The molecular weight excluding hydrogens is 493 g/mol. The molecule has 2 aliphatic rings. The molecule has 30 heavy (non-hydrogen) atoms. The maximum Gasteiger partial charge on any atom is 0.409 e. The van der Waals surface area contributed by atoms with Crippen molar-refractivity contribution in [3.8, 4) is 0 Å². The van der Waals surface area contributed by atoms with Gasteiger partial charge >= 0.3 is 6.09 Å². The minimum atomic E-state index is -0.223. The van der Waals surface area contributed by atoms with Crippen LogP contribution >= 0.6 is 24.0 Å². The second-order valence-corrected chi connectivity index (χ2v) is 8.00. The first kappa shape index (κ1) is 24.7. The van der Waals surface area contributed by atoms with Crippen LogP contribution in [0.4, 0.5) is 4.79 Å². The second kappa shape index (κ2) is 12.3. The average Bonchev–Trinajstić information content (AvgIpc) is 3.25. The van der Waals surface area contributed by atoms with E-state index in [-0.39, 0.29) is 42.2 Å². The molecule has 2 aliphatic heterocycles. The number of ether oxygens (including phenoxy) is 1. The summed E-state index contributed by atoms with van der Waals surface area (Å²) in [5.41, 5.74) is 8.78. The number of carbonyl (C=O) groups is 1. The molecule has 0 aliphatic carbocycles. The fourth-order valence-electron chi connectivity index (χ4n) is 4.13. The van der Waals surface area contributed by atoms with E-state index in [1.165, 1.54) is 24.0 Å². The number of piperidine rings is 1. The van der Waals surface area contributed by atoms with Crippen molar-refractivity contribution in [3.05, 3.63) is 35.4 Å². The number of aryl methyl sites for hydroxylation is 1. The molecule has 0 bridgehead atoms. The van der Waals surface area contributed by atoms with E-state index < -0.39 is 0 Å². The largest absolute Gasteiger partial charge is 0.450 e. The summed E-state index contributed by atoms with van der Waals surface area (Å²) in [4.78, 5) is 20.8. The third kappa shape index (κ3) is 7.01. The molecule has 168 valence electrons. The van der Waals surface area contributed by atoms with Crippen LogP contribution in [0.2, 0.25) is 0 Å². The van der Waals surface area contributed by atoms with Gasteiger partial charge in [-0.3, -0.25) is 9.89 Å². The molecule has 7 nitrogen and oxygen atoms in total. The molecule has 0 spiro atoms. The predicted octanol–water partition coefficient (Wildman–Crippen LogP) is 3.28. The van der Waals surface area contributed by atoms with Crippen LogP contribution in [0.1, 0.15) is 49.8 Å². The Morgan fingerprint density at radius 2 is 1.83 bits per heavy atom. The molecule has 1 atom stereocenters. The Morgan fingerprint density at radius 1 is 1.20 bits per heavy atom. The highest BCUT2D eigenvalue weighted by Crippen LogP contribution is 2.25. The Balaban J connectivity index is 0.00000320. The Morgan fingerprint density at radius 3 is 2.43 bits per heavy atom. The summed E-state index contributed by atoms with van der Waals surface area (Å²) in [6, 6.07) is 9.27. The van der Waals surface area contributed by atoms with Crippen molar-refractivity contribution < 1.29 is 9.53 Å². The number of benzene rings is 1. The van der Waals surface area contributed by atoms with Gasteiger partial charge in [-0.05, 0) is 58.2 Å². The van der Waals surface area contributed by atoms with Gasteiger partial charge in [0.2, 0.25) is 0 Å². The zero-order valence-electron chi connectivity index (χ0n) is 18.2. The number of hydrogen-bond acceptors (Lipinski definition) is 4. The Labute approximate surface area is 197 Å². The van der Waals surface area contributed by atoms with Crippen LogP contribution in [0.15, 0.2) is 29.3 Å². The summed E-state index contributed by atoms with van der Waals surface area (Å²) < 4.78 is 5.07. The fraction of sp³-hybridized carbons (Fsp3) is 0.636. The van der Waals surface area contributed by atoms with Crippen LogP contribution in [0.3, 0.4) is 0 Å². The van der Waals surface area contributed by atoms with Gasteiger partial charge < -0.3 is 20.7 Å². The summed E-state index contributed by atoms with van der Waals surface area (Å²) in [5, 5.41) is 3.35. The highest BCUT2D eigenvalue weighted by atomic mass is 127. The molecule has 2 heterocycles. The summed E-state index contributed by atoms with van der Waals surface area (Å²) in [5.74, 6) is 0.496. The van der Waals surface area contributed by atoms with Gasteiger partial charge in [-0.15, -0.1) is 24.0 Å². The van der Waals surface area contributed by atoms with Crippen LogP contribution in [-0.4, -0.2) is 67.2 Å². The number of hydrogen-bond donors (Lipinski definition) is 2. The van der Waals surface area contributed by atoms with Crippen LogP contribution in [0.5, 0.6) is 0 Å². The molecule has 1 aromatic rings. The topological polar surface area (TPSA) is 83.2 Å². The third-order valence-corrected chi connectivity index (χ3v) is 5.85. The van der Waals surface area contributed by atoms with Crippen molar-refractivity contribution in [3.63, 3.8) is 0 Å². The highest BCUT2D eigenvalue weighted by Gasteiger charge is 2.25. The van der Waals surface area contributed by atoms with Crippen molar-refractivity contribution >= 4 is 36.0 Å². The number of nitrogens with two attached hydrogens (primary N) is 1. The minimum Gasteiger partial charge on any atom is -0.450 e. The van der Waals surface area contributed by atoms with Crippen molar-refractivity contribution in [2.24, 2.45) is 10.7 Å². The van der Waals surface area contributed by atoms with E-state index in [0.29, 0.717) is 32.2 Å². The second-order valence-electron chi connectivity index (χ2n) is 8.00. The zero-order chi connectivity index (χ0) is 20.6. The molecule has 0 aromatic heterocycles. The predicted molar refractivity (Wildman–Crippen MR) is 131 cm³/mol. The van der Waals surface area contributed by atoms with Gasteiger partial charge in [0.15, 0.2) is 5.96 Å². The molecule has 2 saturated heterocycles. The van der Waals surface area contributed by atoms with Gasteiger partial charge in [-0.1, -0.05) is 29.8 Å². The smallest absolute Gasteiger partial charge is 0.409 e. The lowest BCUT2D eigenvalue weighted by atomic mass is 10.0. The number of nitrogens with one attached hydrogen (secondary N) is 1. The lowest BCUT2D eigenvalue weighted by Crippen LogP contribution is -2.48. The Hall–Kier alpha value is -1.55. The van der Waals surface area contributed by atoms with Gasteiger partial charge in [-0.2, -0.15) is 0 Å². The minimum absolute atomic E-state index is 0. The number of likely N-dealkylation sites (tertiary alicyclic amines) is 2. The molecular formula is C22H36IN5O2. The number of rotatable bonds is 6. The van der Waals surface area contributed by atoms with E-state index in [4.69, 9.17) is 10.5 Å². The molecule has 8 heteroatoms. The number of guanidine groups is 1. The number of amides is 1. The van der Waals surface area contributed by atoms with E-state index >= 15 is 0 Å². The summed E-state index contributed by atoms with van der Waals surface area (Å²) in [6.45, 7) is 8.62. The van der Waals surface area contributed by atoms with E-state index in [9.17, 15) is 4.79 Å². The van der Waals surface area contributed by atoms with Crippen molar-refractivity contribution in [1.29, 1.82) is 0 Å². The number of carbonyl (C=O) groups excluding carboxylic acids is 1. The van der Waals surface area contributed by atoms with Gasteiger partial charge in [-0.25, -0.2) is 4.79 Å². The first-order valence-corrected chi connectivity index (χ1v) is 10.9. The maximum atomic E-state index is 11.8. The molecule has 3 rings (SSSR count). The lowest BCUT2D eigenvalue weighted by molar-refractivity contribution is 0.0963. The quantitative estimate of drug-likeness (QED) is 0.336. The molecule has 1 aromatic carbocycles. The summed E-state index contributed by atoms with van der Waals surface area (Å²) in [7, 11) is 0. The first-order chi connectivity index (χ1) is 14.1. The van der Waals surface area contributed by atoms with Crippen molar-refractivity contribution in [2.45, 2.75) is 51.6 Å². The van der Waals surface area contributed by atoms with Crippen LogP contribution in [-0.2, 0) is 4.74 Å². The molecule has 0 saturated carbocycles. The SMILES string of the molecule is CCOC(=O)N1CCC(NC(N)=NCC(c2ccc(C)cc2)N2CCCC2)CC1.I. The van der Waals surface area contributed by atoms with Crippen LogP contribution < -0.4 is 11.1 Å². The van der Waals surface area contributed by atoms with Crippen LogP contribution in [0, 0.1) is 6.92 Å². The number of aliphatic imine (C=N–C) groups is 1. The summed E-state index contributed by atoms with van der Waals surface area (Å²) >= 11 is 0. The maximum absolute atomic E-state index is 11.8. The van der Waals surface area contributed by atoms with E-state index in [1.807, 2.05) is 6.92 Å². The molecule has 3 N–H and O–H groups in total. The first-order valence-electron chi connectivity index (χ1n) is 10.9. The molecule has 1 unspecified atom stereocenters. The lowest BCUT2D eigenvalue weighted by Gasteiger charge is -2.32. The molecule has 1 amide bonds. The van der Waals surface area contributed by atoms with Gasteiger partial charge in [0.1, 0.15) is 0 Å². The zero-order valence-corrected chi connectivity index (χ0v) is 20.5. The normalized spacial score (nSPS) is 19.3. The molecule has 0 radical (unpaired) electrons. The van der Waals surface area contributed by atoms with Gasteiger partial charge in [0.25, 0.3) is 0 Å². The van der Waals surface area contributed by atoms with Gasteiger partial charge in [0.05, 0.1) is 19.2 Å². The monoisotopic (exact) mass is 529 g/mol. The average molecular weight is 529 g/mol. The van der Waals surface area contributed by atoms with Crippen molar-refractivity contribution in [1.82, 2.24) is 15.1 Å². The third-order valence-electron chi connectivity index (χ3n) is 5.85. The standard InChI is InChI=1S/C22H35N5O2.HI/c1-3-29-22(28)27-14-10-19(11-15-27)25-21(23)24-16-20(26-12-4-5-13-26)18-8-6-17(2)7-9-18;/h6-9,19-20H,3-5,10-16H2,1-2H3,(H3,23,24,25);1H. The van der Waals surface area contributed by atoms with E-state index in [2.05, 4.69) is 46.4 Å².